The van der Waals surface area contributed by atoms with E-state index in [4.69, 9.17) is 0 Å². The summed E-state index contributed by atoms with van der Waals surface area (Å²) in [4.78, 5) is 12.1. The molecule has 2 aromatic carbocycles. The van der Waals surface area contributed by atoms with Gasteiger partial charge in [-0.3, -0.25) is 4.79 Å². The van der Waals surface area contributed by atoms with Crippen molar-refractivity contribution < 1.29 is 9.18 Å². The van der Waals surface area contributed by atoms with Crippen molar-refractivity contribution in [3.63, 3.8) is 0 Å². The Morgan fingerprint density at radius 2 is 1.95 bits per heavy atom. The number of benzene rings is 2. The van der Waals surface area contributed by atoms with Gasteiger partial charge in [0.1, 0.15) is 5.82 Å². The topological polar surface area (TPSA) is 29.1 Å². The standard InChI is InChI=1S/C14H10Br2FNO/c15-8-9-3-1-4-10(7-9)18-14(19)13-11(16)5-2-6-12(13)17/h1-7H,8H2,(H,18,19). The van der Waals surface area contributed by atoms with Gasteiger partial charge in [0.2, 0.25) is 0 Å². The Bertz CT molecular complexity index is 596. The van der Waals surface area contributed by atoms with Gasteiger partial charge in [-0.05, 0) is 45.8 Å². The number of amides is 1. The number of hydrogen-bond acceptors (Lipinski definition) is 1. The quantitative estimate of drug-likeness (QED) is 0.758. The van der Waals surface area contributed by atoms with E-state index in [0.717, 1.165) is 5.56 Å². The summed E-state index contributed by atoms with van der Waals surface area (Å²) in [5, 5.41) is 3.38. The van der Waals surface area contributed by atoms with Crippen molar-refractivity contribution in [3.8, 4) is 0 Å². The van der Waals surface area contributed by atoms with E-state index in [-0.39, 0.29) is 5.56 Å². The smallest absolute Gasteiger partial charge is 0.259 e. The number of nitrogens with one attached hydrogen (secondary N) is 1. The lowest BCUT2D eigenvalue weighted by Crippen LogP contribution is -2.14. The van der Waals surface area contributed by atoms with E-state index in [1.54, 1.807) is 18.2 Å². The molecule has 2 rings (SSSR count). The van der Waals surface area contributed by atoms with E-state index in [0.29, 0.717) is 15.5 Å². The van der Waals surface area contributed by atoms with Crippen LogP contribution in [0.25, 0.3) is 0 Å². The molecule has 0 aliphatic rings. The number of halogens is 3. The molecule has 0 unspecified atom stereocenters. The highest BCUT2D eigenvalue weighted by Crippen LogP contribution is 2.21. The van der Waals surface area contributed by atoms with Crippen molar-refractivity contribution in [1.29, 1.82) is 0 Å². The molecule has 19 heavy (non-hydrogen) atoms. The number of anilines is 1. The molecule has 1 N–H and O–H groups in total. The van der Waals surface area contributed by atoms with E-state index in [1.165, 1.54) is 6.07 Å². The van der Waals surface area contributed by atoms with E-state index < -0.39 is 11.7 Å². The lowest BCUT2D eigenvalue weighted by molar-refractivity contribution is 0.102. The summed E-state index contributed by atoms with van der Waals surface area (Å²) in [5.74, 6) is -1.03. The first-order chi connectivity index (χ1) is 9.11. The molecule has 2 nitrogen and oxygen atoms in total. The van der Waals surface area contributed by atoms with Crippen LogP contribution < -0.4 is 5.32 Å². The molecule has 0 spiro atoms. The van der Waals surface area contributed by atoms with E-state index in [9.17, 15) is 9.18 Å². The third-order valence-electron chi connectivity index (χ3n) is 2.53. The van der Waals surface area contributed by atoms with Crippen LogP contribution in [0.1, 0.15) is 15.9 Å². The third-order valence-corrected chi connectivity index (χ3v) is 3.84. The summed E-state index contributed by atoms with van der Waals surface area (Å²) >= 11 is 6.53. The molecular weight excluding hydrogens is 377 g/mol. The fourth-order valence-corrected chi connectivity index (χ4v) is 2.51. The number of hydrogen-bond donors (Lipinski definition) is 1. The molecule has 0 bridgehead atoms. The summed E-state index contributed by atoms with van der Waals surface area (Å²) in [7, 11) is 0. The lowest BCUT2D eigenvalue weighted by atomic mass is 10.2. The Labute approximate surface area is 127 Å². The predicted molar refractivity (Wildman–Crippen MR) is 81.1 cm³/mol. The highest BCUT2D eigenvalue weighted by atomic mass is 79.9. The Hall–Kier alpha value is -1.20. The lowest BCUT2D eigenvalue weighted by Gasteiger charge is -2.08. The zero-order chi connectivity index (χ0) is 13.8. The molecule has 0 fully saturated rings. The predicted octanol–water partition coefficient (Wildman–Crippen LogP) is 4.74. The zero-order valence-corrected chi connectivity index (χ0v) is 13.0. The summed E-state index contributed by atoms with van der Waals surface area (Å²) in [6.07, 6.45) is 0. The van der Waals surface area contributed by atoms with Crippen molar-refractivity contribution in [2.45, 2.75) is 5.33 Å². The van der Waals surface area contributed by atoms with Crippen molar-refractivity contribution >= 4 is 43.5 Å². The number of alkyl halides is 1. The van der Waals surface area contributed by atoms with Gasteiger partial charge in [-0.25, -0.2) is 4.39 Å². The molecule has 0 aromatic heterocycles. The molecule has 98 valence electrons. The Balaban J connectivity index is 2.26. The SMILES string of the molecule is O=C(Nc1cccc(CBr)c1)c1c(F)cccc1Br. The average Bonchev–Trinajstić information content (AvgIpc) is 2.38. The van der Waals surface area contributed by atoms with E-state index in [2.05, 4.69) is 37.2 Å². The van der Waals surface area contributed by atoms with Gasteiger partial charge in [-0.1, -0.05) is 34.1 Å². The van der Waals surface area contributed by atoms with Crippen molar-refractivity contribution in [3.05, 3.63) is 63.9 Å². The van der Waals surface area contributed by atoms with Crippen LogP contribution in [0.2, 0.25) is 0 Å². The second-order valence-corrected chi connectivity index (χ2v) is 5.30. The Morgan fingerprint density at radius 3 is 2.63 bits per heavy atom. The minimum atomic E-state index is -0.552. The Morgan fingerprint density at radius 1 is 1.21 bits per heavy atom. The van der Waals surface area contributed by atoms with Gasteiger partial charge < -0.3 is 5.32 Å². The molecular formula is C14H10Br2FNO. The molecule has 0 saturated carbocycles. The van der Waals surface area contributed by atoms with Gasteiger partial charge in [0.05, 0.1) is 5.56 Å². The van der Waals surface area contributed by atoms with Crippen LogP contribution in [-0.2, 0) is 5.33 Å². The van der Waals surface area contributed by atoms with Gasteiger partial charge >= 0.3 is 0 Å². The molecule has 5 heteroatoms. The first kappa shape index (κ1) is 14.2. The van der Waals surface area contributed by atoms with Crippen LogP contribution in [0.3, 0.4) is 0 Å². The van der Waals surface area contributed by atoms with Gasteiger partial charge in [0, 0.05) is 15.5 Å². The van der Waals surface area contributed by atoms with E-state index in [1.807, 2.05) is 18.2 Å². The van der Waals surface area contributed by atoms with Gasteiger partial charge in [-0.15, -0.1) is 0 Å². The molecule has 0 heterocycles. The van der Waals surface area contributed by atoms with Crippen LogP contribution in [0, 0.1) is 5.82 Å². The first-order valence-electron chi connectivity index (χ1n) is 5.52. The summed E-state index contributed by atoms with van der Waals surface area (Å²) < 4.78 is 14.1. The maximum absolute atomic E-state index is 13.7. The fourth-order valence-electron chi connectivity index (χ4n) is 1.64. The molecule has 0 atom stereocenters. The van der Waals surface area contributed by atoms with Gasteiger partial charge in [0.25, 0.3) is 5.91 Å². The normalized spacial score (nSPS) is 10.3. The summed E-state index contributed by atoms with van der Waals surface area (Å²) in [6.45, 7) is 0. The van der Waals surface area contributed by atoms with Gasteiger partial charge in [0.15, 0.2) is 0 Å². The van der Waals surface area contributed by atoms with E-state index >= 15 is 0 Å². The van der Waals surface area contributed by atoms with Crippen LogP contribution in [0.5, 0.6) is 0 Å². The maximum Gasteiger partial charge on any atom is 0.259 e. The summed E-state index contributed by atoms with van der Waals surface area (Å²) in [6, 6.07) is 11.8. The zero-order valence-electron chi connectivity index (χ0n) is 9.79. The van der Waals surface area contributed by atoms with Crippen LogP contribution in [0.4, 0.5) is 10.1 Å². The molecule has 0 radical (unpaired) electrons. The number of carbonyl (C=O) groups excluding carboxylic acids is 1. The molecule has 0 aliphatic heterocycles. The van der Waals surface area contributed by atoms with Crippen LogP contribution in [-0.4, -0.2) is 5.91 Å². The maximum atomic E-state index is 13.7. The number of carbonyl (C=O) groups is 1. The van der Waals surface area contributed by atoms with Crippen LogP contribution >= 0.6 is 31.9 Å². The Kier molecular flexibility index (Phi) is 4.71. The average molecular weight is 387 g/mol. The molecule has 2 aromatic rings. The summed E-state index contributed by atoms with van der Waals surface area (Å²) in [5.41, 5.74) is 1.68. The molecule has 0 aliphatic carbocycles. The molecule has 1 amide bonds. The van der Waals surface area contributed by atoms with Crippen molar-refractivity contribution in [2.24, 2.45) is 0 Å². The third kappa shape index (κ3) is 3.42. The minimum absolute atomic E-state index is 0.00625. The van der Waals surface area contributed by atoms with Crippen molar-refractivity contribution in [2.75, 3.05) is 5.32 Å². The fraction of sp³-hybridized carbons (Fsp3) is 0.0714. The number of rotatable bonds is 3. The largest absolute Gasteiger partial charge is 0.322 e. The second-order valence-electron chi connectivity index (χ2n) is 3.88. The van der Waals surface area contributed by atoms with Crippen molar-refractivity contribution in [1.82, 2.24) is 0 Å². The first-order valence-corrected chi connectivity index (χ1v) is 7.43. The monoisotopic (exact) mass is 385 g/mol. The minimum Gasteiger partial charge on any atom is -0.322 e. The van der Waals surface area contributed by atoms with Crippen LogP contribution in [0.15, 0.2) is 46.9 Å². The highest BCUT2D eigenvalue weighted by molar-refractivity contribution is 9.10. The molecule has 0 saturated heterocycles. The van der Waals surface area contributed by atoms with Gasteiger partial charge in [-0.2, -0.15) is 0 Å². The highest BCUT2D eigenvalue weighted by Gasteiger charge is 2.15. The second kappa shape index (κ2) is 6.30.